The van der Waals surface area contributed by atoms with E-state index in [1.54, 1.807) is 17.6 Å². The number of hydroxylamine groups is 1. The molecule has 0 aromatic heterocycles. The van der Waals surface area contributed by atoms with Crippen molar-refractivity contribution in [3.63, 3.8) is 0 Å². The maximum absolute atomic E-state index is 11.7. The fourth-order valence-corrected chi connectivity index (χ4v) is 1.90. The average molecular weight is 361 g/mol. The van der Waals surface area contributed by atoms with Crippen molar-refractivity contribution in [2.75, 3.05) is 26.6 Å². The third kappa shape index (κ3) is 6.70. The van der Waals surface area contributed by atoms with Gasteiger partial charge in [-0.1, -0.05) is 36.4 Å². The highest BCUT2D eigenvalue weighted by atomic mass is 16.5. The molecule has 26 heavy (non-hydrogen) atoms. The zero-order valence-corrected chi connectivity index (χ0v) is 14.9. The van der Waals surface area contributed by atoms with Gasteiger partial charge in [-0.2, -0.15) is 0 Å². The van der Waals surface area contributed by atoms with Crippen molar-refractivity contribution in [1.82, 2.24) is 5.48 Å². The minimum Gasteiger partial charge on any atom is -0.496 e. The third-order valence-corrected chi connectivity index (χ3v) is 3.12. The highest BCUT2D eigenvalue weighted by Gasteiger charge is 2.16. The van der Waals surface area contributed by atoms with Crippen LogP contribution >= 0.6 is 0 Å². The predicted molar refractivity (Wildman–Crippen MR) is 98.4 cm³/mol. The first kappa shape index (κ1) is 20.8. The van der Waals surface area contributed by atoms with Crippen LogP contribution in [0.3, 0.4) is 0 Å². The van der Waals surface area contributed by atoms with Crippen LogP contribution in [-0.2, 0) is 4.79 Å². The van der Waals surface area contributed by atoms with Crippen LogP contribution in [0.5, 0.6) is 17.2 Å². The Morgan fingerprint density at radius 2 is 1.42 bits per heavy atom. The summed E-state index contributed by atoms with van der Waals surface area (Å²) in [6, 6.07) is 15.2. The second kappa shape index (κ2) is 11.3. The van der Waals surface area contributed by atoms with Gasteiger partial charge in [0.05, 0.1) is 27.8 Å². The van der Waals surface area contributed by atoms with E-state index >= 15 is 0 Å². The maximum atomic E-state index is 11.7. The molecule has 8 nitrogen and oxygen atoms in total. The molecule has 0 radical (unpaired) electrons. The number of ether oxygens (including phenoxy) is 3. The lowest BCUT2D eigenvalue weighted by Gasteiger charge is -2.15. The Morgan fingerprint density at radius 1 is 0.962 bits per heavy atom. The molecule has 0 aliphatic heterocycles. The Balaban J connectivity index is 0.000000472. The zero-order chi connectivity index (χ0) is 19.4. The molecule has 0 aliphatic carbocycles. The van der Waals surface area contributed by atoms with Crippen LogP contribution in [0.1, 0.15) is 6.42 Å². The lowest BCUT2D eigenvalue weighted by Crippen LogP contribution is -2.25. The van der Waals surface area contributed by atoms with Crippen molar-refractivity contribution >= 4 is 17.4 Å². The molecule has 140 valence electrons. The smallest absolute Gasteiger partial charge is 0.232 e. The number of rotatable bonds is 6. The lowest BCUT2D eigenvalue weighted by molar-refractivity contribution is -0.115. The molecule has 0 unspecified atom stereocenters. The first-order valence-electron chi connectivity index (χ1n) is 7.63. The predicted octanol–water partition coefficient (Wildman–Crippen LogP) is 2.68. The minimum absolute atomic E-state index is 0.311. The molecular formula is C18H23N3O5. The first-order chi connectivity index (χ1) is 12.5. The van der Waals surface area contributed by atoms with Gasteiger partial charge < -0.3 is 19.5 Å². The second-order valence-electron chi connectivity index (χ2n) is 4.88. The van der Waals surface area contributed by atoms with Crippen molar-refractivity contribution in [3.8, 4) is 17.2 Å². The van der Waals surface area contributed by atoms with Gasteiger partial charge in [-0.05, 0) is 0 Å². The molecular weight excluding hydrogens is 338 g/mol. The molecule has 0 fully saturated rings. The Hall–Kier alpha value is -3.26. The SMILES string of the molecule is COc1cc(OC)c(NC(=O)CC(=N)NO)c(OC)c1.c1ccccc1. The normalized spacial score (nSPS) is 9.23. The van der Waals surface area contributed by atoms with Gasteiger partial charge in [0.15, 0.2) is 0 Å². The summed E-state index contributed by atoms with van der Waals surface area (Å²) >= 11 is 0. The minimum atomic E-state index is -0.502. The van der Waals surface area contributed by atoms with Gasteiger partial charge >= 0.3 is 0 Å². The van der Waals surface area contributed by atoms with Crippen molar-refractivity contribution in [1.29, 1.82) is 5.41 Å². The fraction of sp³-hybridized carbons (Fsp3) is 0.222. The summed E-state index contributed by atoms with van der Waals surface area (Å²) in [5.74, 6) is 0.407. The molecule has 2 aromatic rings. The molecule has 4 N–H and O–H groups in total. The van der Waals surface area contributed by atoms with Gasteiger partial charge in [0.25, 0.3) is 0 Å². The van der Waals surface area contributed by atoms with Gasteiger partial charge in [-0.25, -0.2) is 0 Å². The molecule has 0 saturated carbocycles. The molecule has 0 spiro atoms. The number of hydrogen-bond donors (Lipinski definition) is 4. The van der Waals surface area contributed by atoms with Crippen molar-refractivity contribution in [2.45, 2.75) is 6.42 Å². The molecule has 0 saturated heterocycles. The number of carbonyl (C=O) groups is 1. The molecule has 0 bridgehead atoms. The number of methoxy groups -OCH3 is 3. The van der Waals surface area contributed by atoms with Crippen LogP contribution in [0.2, 0.25) is 0 Å². The molecule has 2 rings (SSSR count). The fourth-order valence-electron chi connectivity index (χ4n) is 1.90. The molecule has 2 aromatic carbocycles. The number of hydrogen-bond acceptors (Lipinski definition) is 6. The van der Waals surface area contributed by atoms with E-state index in [4.69, 9.17) is 24.8 Å². The van der Waals surface area contributed by atoms with Crippen molar-refractivity contribution in [2.24, 2.45) is 0 Å². The van der Waals surface area contributed by atoms with Crippen LogP contribution in [0, 0.1) is 5.41 Å². The number of carbonyl (C=O) groups excluding carboxylic acids is 1. The average Bonchev–Trinajstić information content (AvgIpc) is 2.69. The Bertz CT molecular complexity index is 656. The molecule has 8 heteroatoms. The van der Waals surface area contributed by atoms with E-state index in [0.717, 1.165) is 0 Å². The number of nitrogens with one attached hydrogen (secondary N) is 3. The Kier molecular flexibility index (Phi) is 9.05. The summed E-state index contributed by atoms with van der Waals surface area (Å²) in [4.78, 5) is 11.7. The lowest BCUT2D eigenvalue weighted by atomic mass is 10.2. The largest absolute Gasteiger partial charge is 0.496 e. The standard InChI is InChI=1S/C12H17N3O5.C6H6/c1-18-7-4-8(19-2)12(9(5-7)20-3)14-11(16)6-10(13)15-17;1-2-4-6-5-3-1/h4-5,17H,6H2,1-3H3,(H2,13,15)(H,14,16);1-6H. The summed E-state index contributed by atoms with van der Waals surface area (Å²) in [5.41, 5.74) is 1.92. The molecule has 0 aliphatic rings. The summed E-state index contributed by atoms with van der Waals surface area (Å²) in [6.07, 6.45) is -0.311. The van der Waals surface area contributed by atoms with E-state index in [9.17, 15) is 4.79 Å². The van der Waals surface area contributed by atoms with Crippen LogP contribution in [0.25, 0.3) is 0 Å². The van der Waals surface area contributed by atoms with Crippen molar-refractivity contribution in [3.05, 3.63) is 48.5 Å². The van der Waals surface area contributed by atoms with E-state index in [1.807, 2.05) is 36.4 Å². The second-order valence-corrected chi connectivity index (χ2v) is 4.88. The number of anilines is 1. The number of amidine groups is 1. The van der Waals surface area contributed by atoms with Crippen LogP contribution in [-0.4, -0.2) is 38.3 Å². The quantitative estimate of drug-likeness (QED) is 0.357. The summed E-state index contributed by atoms with van der Waals surface area (Å²) in [5, 5.41) is 18.3. The van der Waals surface area contributed by atoms with Gasteiger partial charge in [0, 0.05) is 12.1 Å². The first-order valence-corrected chi connectivity index (χ1v) is 7.63. The van der Waals surface area contributed by atoms with Crippen molar-refractivity contribution < 1.29 is 24.2 Å². The topological polar surface area (TPSA) is 113 Å². The van der Waals surface area contributed by atoms with E-state index in [0.29, 0.717) is 22.9 Å². The molecule has 1 amide bonds. The van der Waals surface area contributed by atoms with Gasteiger partial charge in [0.1, 0.15) is 28.8 Å². The van der Waals surface area contributed by atoms with Crippen LogP contribution in [0.4, 0.5) is 5.69 Å². The highest BCUT2D eigenvalue weighted by molar-refractivity contribution is 6.05. The van der Waals surface area contributed by atoms with Gasteiger partial charge in [-0.3, -0.25) is 20.9 Å². The Labute approximate surface area is 152 Å². The van der Waals surface area contributed by atoms with E-state index < -0.39 is 5.91 Å². The maximum Gasteiger partial charge on any atom is 0.232 e. The Morgan fingerprint density at radius 3 is 1.77 bits per heavy atom. The van der Waals surface area contributed by atoms with Crippen LogP contribution in [0.15, 0.2) is 48.5 Å². The van der Waals surface area contributed by atoms with E-state index in [-0.39, 0.29) is 12.3 Å². The monoisotopic (exact) mass is 361 g/mol. The molecule has 0 atom stereocenters. The third-order valence-electron chi connectivity index (χ3n) is 3.12. The summed E-state index contributed by atoms with van der Waals surface area (Å²) in [6.45, 7) is 0. The van der Waals surface area contributed by atoms with E-state index in [1.165, 1.54) is 21.3 Å². The van der Waals surface area contributed by atoms with E-state index in [2.05, 4.69) is 5.32 Å². The van der Waals surface area contributed by atoms with Gasteiger partial charge in [-0.15, -0.1) is 0 Å². The zero-order valence-electron chi connectivity index (χ0n) is 14.9. The number of amides is 1. The highest BCUT2D eigenvalue weighted by Crippen LogP contribution is 2.38. The summed E-state index contributed by atoms with van der Waals surface area (Å²) < 4.78 is 15.4. The molecule has 0 heterocycles. The summed E-state index contributed by atoms with van der Waals surface area (Å²) in [7, 11) is 4.39. The number of benzene rings is 2. The van der Waals surface area contributed by atoms with Crippen LogP contribution < -0.4 is 25.0 Å². The van der Waals surface area contributed by atoms with Gasteiger partial charge in [0.2, 0.25) is 5.91 Å².